The maximum absolute atomic E-state index is 13.1. The van der Waals surface area contributed by atoms with Gasteiger partial charge < -0.3 is 5.32 Å². The number of anilines is 1. The van der Waals surface area contributed by atoms with Crippen LogP contribution in [0.1, 0.15) is 36.4 Å². The summed E-state index contributed by atoms with van der Waals surface area (Å²) in [6.45, 7) is 1.99. The highest BCUT2D eigenvalue weighted by Crippen LogP contribution is 2.39. The first-order valence-corrected chi connectivity index (χ1v) is 10.5. The van der Waals surface area contributed by atoms with Crippen molar-refractivity contribution in [3.63, 3.8) is 0 Å². The SMILES string of the molecule is Cc1cc(-c2ccc(NC(=O)[C@@H](CC3CC3)c3cccc(Br)c3)cc2)ccn1. The van der Waals surface area contributed by atoms with Gasteiger partial charge in [-0.2, -0.15) is 0 Å². The maximum Gasteiger partial charge on any atom is 0.231 e. The van der Waals surface area contributed by atoms with Crippen molar-refractivity contribution in [3.8, 4) is 11.1 Å². The van der Waals surface area contributed by atoms with E-state index in [4.69, 9.17) is 0 Å². The van der Waals surface area contributed by atoms with E-state index in [1.807, 2.05) is 61.7 Å². The molecule has 1 aliphatic rings. The number of aromatic nitrogens is 1. The molecule has 0 unspecified atom stereocenters. The monoisotopic (exact) mass is 434 g/mol. The highest BCUT2D eigenvalue weighted by atomic mass is 79.9. The van der Waals surface area contributed by atoms with Gasteiger partial charge >= 0.3 is 0 Å². The lowest BCUT2D eigenvalue weighted by Gasteiger charge is -2.18. The minimum atomic E-state index is -0.118. The van der Waals surface area contributed by atoms with E-state index >= 15 is 0 Å². The second-order valence-corrected chi connectivity index (χ2v) is 8.45. The lowest BCUT2D eigenvalue weighted by Crippen LogP contribution is -2.21. The smallest absolute Gasteiger partial charge is 0.231 e. The van der Waals surface area contributed by atoms with Crippen molar-refractivity contribution in [1.29, 1.82) is 0 Å². The van der Waals surface area contributed by atoms with Crippen molar-refractivity contribution in [2.24, 2.45) is 5.92 Å². The minimum absolute atomic E-state index is 0.0671. The number of hydrogen-bond donors (Lipinski definition) is 1. The molecule has 1 N–H and O–H groups in total. The number of halogens is 1. The van der Waals surface area contributed by atoms with Crippen LogP contribution in [0.5, 0.6) is 0 Å². The van der Waals surface area contributed by atoms with Crippen molar-refractivity contribution in [2.45, 2.75) is 32.1 Å². The number of carbonyl (C=O) groups excluding carboxylic acids is 1. The van der Waals surface area contributed by atoms with Crippen LogP contribution < -0.4 is 5.32 Å². The van der Waals surface area contributed by atoms with Gasteiger partial charge in [0, 0.05) is 22.1 Å². The molecule has 1 saturated carbocycles. The molecule has 0 aliphatic heterocycles. The Bertz CT molecular complexity index is 980. The average molecular weight is 435 g/mol. The van der Waals surface area contributed by atoms with E-state index in [2.05, 4.69) is 38.4 Å². The summed E-state index contributed by atoms with van der Waals surface area (Å²) in [5, 5.41) is 3.12. The zero-order chi connectivity index (χ0) is 19.5. The molecule has 4 heteroatoms. The Labute approximate surface area is 174 Å². The summed E-state index contributed by atoms with van der Waals surface area (Å²) in [5.74, 6) is 0.622. The Balaban J connectivity index is 1.50. The van der Waals surface area contributed by atoms with Gasteiger partial charge in [0.1, 0.15) is 0 Å². The van der Waals surface area contributed by atoms with E-state index in [9.17, 15) is 4.79 Å². The molecule has 1 fully saturated rings. The van der Waals surface area contributed by atoms with Crippen molar-refractivity contribution >= 4 is 27.5 Å². The third kappa shape index (κ3) is 4.68. The molecule has 0 bridgehead atoms. The zero-order valence-electron chi connectivity index (χ0n) is 15.9. The van der Waals surface area contributed by atoms with E-state index in [1.165, 1.54) is 12.8 Å². The van der Waals surface area contributed by atoms with Gasteiger partial charge in [-0.3, -0.25) is 9.78 Å². The summed E-state index contributed by atoms with van der Waals surface area (Å²) in [7, 11) is 0. The molecule has 142 valence electrons. The van der Waals surface area contributed by atoms with E-state index in [-0.39, 0.29) is 11.8 Å². The predicted molar refractivity (Wildman–Crippen MR) is 117 cm³/mol. The lowest BCUT2D eigenvalue weighted by atomic mass is 9.92. The third-order valence-electron chi connectivity index (χ3n) is 5.22. The first-order valence-electron chi connectivity index (χ1n) is 9.68. The number of nitrogens with zero attached hydrogens (tertiary/aromatic N) is 1. The van der Waals surface area contributed by atoms with Gasteiger partial charge in [0.05, 0.1) is 5.92 Å². The molecular weight excluding hydrogens is 412 g/mol. The highest BCUT2D eigenvalue weighted by Gasteiger charge is 2.30. The summed E-state index contributed by atoms with van der Waals surface area (Å²) in [6.07, 6.45) is 5.20. The highest BCUT2D eigenvalue weighted by molar-refractivity contribution is 9.10. The van der Waals surface area contributed by atoms with E-state index < -0.39 is 0 Å². The van der Waals surface area contributed by atoms with Crippen LogP contribution in [0.4, 0.5) is 5.69 Å². The molecule has 1 amide bonds. The molecule has 2 aromatic carbocycles. The Morgan fingerprint density at radius 1 is 1.11 bits per heavy atom. The van der Waals surface area contributed by atoms with Crippen LogP contribution in [0.2, 0.25) is 0 Å². The van der Waals surface area contributed by atoms with Crippen LogP contribution in [0.25, 0.3) is 11.1 Å². The number of aryl methyl sites for hydroxylation is 1. The normalized spacial score (nSPS) is 14.5. The zero-order valence-corrected chi connectivity index (χ0v) is 17.4. The number of rotatable bonds is 6. The second kappa shape index (κ2) is 8.27. The quantitative estimate of drug-likeness (QED) is 0.491. The van der Waals surface area contributed by atoms with Crippen LogP contribution in [0.15, 0.2) is 71.3 Å². The first kappa shape index (κ1) is 18.9. The van der Waals surface area contributed by atoms with Crippen LogP contribution in [-0.4, -0.2) is 10.9 Å². The van der Waals surface area contributed by atoms with Crippen LogP contribution in [-0.2, 0) is 4.79 Å². The summed E-state index contributed by atoms with van der Waals surface area (Å²) in [4.78, 5) is 17.3. The molecule has 1 atom stereocenters. The van der Waals surface area contributed by atoms with Crippen LogP contribution in [0, 0.1) is 12.8 Å². The Morgan fingerprint density at radius 3 is 2.57 bits per heavy atom. The lowest BCUT2D eigenvalue weighted by molar-refractivity contribution is -0.117. The molecule has 3 nitrogen and oxygen atoms in total. The van der Waals surface area contributed by atoms with Crippen LogP contribution >= 0.6 is 15.9 Å². The molecule has 0 radical (unpaired) electrons. The number of amides is 1. The maximum atomic E-state index is 13.1. The van der Waals surface area contributed by atoms with Gasteiger partial charge in [0.15, 0.2) is 0 Å². The summed E-state index contributed by atoms with van der Waals surface area (Å²) in [5.41, 5.74) is 5.14. The Kier molecular flexibility index (Phi) is 5.58. The fourth-order valence-corrected chi connectivity index (χ4v) is 3.92. The van der Waals surface area contributed by atoms with Gasteiger partial charge in [-0.25, -0.2) is 0 Å². The number of hydrogen-bond acceptors (Lipinski definition) is 2. The first-order chi connectivity index (χ1) is 13.6. The van der Waals surface area contributed by atoms with Gasteiger partial charge in [-0.1, -0.05) is 53.0 Å². The molecule has 3 aromatic rings. The molecule has 1 aliphatic carbocycles. The number of carbonyl (C=O) groups is 1. The van der Waals surface area contributed by atoms with Crippen molar-refractivity contribution in [2.75, 3.05) is 5.32 Å². The molecule has 28 heavy (non-hydrogen) atoms. The molecule has 4 rings (SSSR count). The summed E-state index contributed by atoms with van der Waals surface area (Å²) in [6, 6.07) is 20.2. The predicted octanol–water partition coefficient (Wildman–Crippen LogP) is 6.34. The van der Waals surface area contributed by atoms with Gasteiger partial charge in [0.25, 0.3) is 0 Å². The third-order valence-corrected chi connectivity index (χ3v) is 5.71. The number of benzene rings is 2. The number of pyridine rings is 1. The van der Waals surface area contributed by atoms with Crippen molar-refractivity contribution < 1.29 is 4.79 Å². The summed E-state index contributed by atoms with van der Waals surface area (Å²) < 4.78 is 1.01. The second-order valence-electron chi connectivity index (χ2n) is 7.54. The summed E-state index contributed by atoms with van der Waals surface area (Å²) >= 11 is 3.53. The Morgan fingerprint density at radius 2 is 1.89 bits per heavy atom. The molecule has 0 spiro atoms. The minimum Gasteiger partial charge on any atom is -0.326 e. The van der Waals surface area contributed by atoms with E-state index in [0.717, 1.165) is 39.0 Å². The van der Waals surface area contributed by atoms with E-state index in [0.29, 0.717) is 5.92 Å². The van der Waals surface area contributed by atoms with E-state index in [1.54, 1.807) is 0 Å². The Hall–Kier alpha value is -2.46. The fourth-order valence-electron chi connectivity index (χ4n) is 3.51. The van der Waals surface area contributed by atoms with Crippen molar-refractivity contribution in [1.82, 2.24) is 4.98 Å². The molecule has 1 aromatic heterocycles. The fraction of sp³-hybridized carbons (Fsp3) is 0.250. The van der Waals surface area contributed by atoms with Gasteiger partial charge in [-0.15, -0.1) is 0 Å². The molecule has 0 saturated heterocycles. The van der Waals surface area contributed by atoms with Crippen LogP contribution in [0.3, 0.4) is 0 Å². The largest absolute Gasteiger partial charge is 0.326 e. The average Bonchev–Trinajstić information content (AvgIpc) is 3.51. The van der Waals surface area contributed by atoms with Crippen molar-refractivity contribution in [3.05, 3.63) is 82.6 Å². The van der Waals surface area contributed by atoms with Gasteiger partial charge in [-0.05, 0) is 72.4 Å². The van der Waals surface area contributed by atoms with Gasteiger partial charge in [0.2, 0.25) is 5.91 Å². The molecule has 1 heterocycles. The molecular formula is C24H23BrN2O. The topological polar surface area (TPSA) is 42.0 Å². The standard InChI is InChI=1S/C24H23BrN2O/c1-16-13-19(11-12-26-16)18-7-9-22(10-8-18)27-24(28)23(14-17-5-6-17)20-3-2-4-21(25)15-20/h2-4,7-13,15,17,23H,5-6,14H2,1H3,(H,27,28)/t23-/m0/s1. The number of nitrogens with one attached hydrogen (secondary N) is 1.